The van der Waals surface area contributed by atoms with Crippen molar-refractivity contribution in [1.29, 1.82) is 0 Å². The average molecular weight is 470 g/mol. The van der Waals surface area contributed by atoms with Crippen LogP contribution >= 0.6 is 0 Å². The summed E-state index contributed by atoms with van der Waals surface area (Å²) in [5.41, 5.74) is 5.89. The van der Waals surface area contributed by atoms with E-state index < -0.39 is 0 Å². The van der Waals surface area contributed by atoms with Crippen LogP contribution in [0.3, 0.4) is 0 Å². The number of piperazine rings is 1. The molecule has 0 unspecified atom stereocenters. The van der Waals surface area contributed by atoms with Crippen molar-refractivity contribution >= 4 is 28.5 Å². The summed E-state index contributed by atoms with van der Waals surface area (Å²) < 4.78 is 7.24. The smallest absolute Gasteiger partial charge is 0.229 e. The third-order valence-corrected chi connectivity index (χ3v) is 7.19. The lowest BCUT2D eigenvalue weighted by molar-refractivity contribution is 0.414. The molecular weight excluding hydrogens is 438 g/mol. The molecule has 4 heterocycles. The van der Waals surface area contributed by atoms with Crippen molar-refractivity contribution in [3.05, 3.63) is 65.4 Å². The normalized spacial score (nSPS) is 15.7. The molecule has 8 nitrogen and oxygen atoms in total. The fourth-order valence-electron chi connectivity index (χ4n) is 5.26. The summed E-state index contributed by atoms with van der Waals surface area (Å²) in [6.45, 7) is 7.56. The minimum absolute atomic E-state index is 0.797. The standard InChI is InChI=1S/C27H31N7O/c1-19-6-4-5-7-23(19)32-14-16-33(17-15-32)27-28-25-24-22(30-31(25)2)12-13-34(26(24)29-27)18-20-8-10-21(35-3)11-9-20/h4-11H,12-18H2,1-3H3. The maximum Gasteiger partial charge on any atom is 0.229 e. The largest absolute Gasteiger partial charge is 0.497 e. The fraction of sp³-hybridized carbons (Fsp3) is 0.370. The Hall–Kier alpha value is -3.81. The molecule has 0 atom stereocenters. The molecular formula is C27H31N7O. The summed E-state index contributed by atoms with van der Waals surface area (Å²) >= 11 is 0. The summed E-state index contributed by atoms with van der Waals surface area (Å²) in [7, 11) is 3.69. The molecule has 4 aromatic rings. The summed E-state index contributed by atoms with van der Waals surface area (Å²) in [6.07, 6.45) is 0.901. The van der Waals surface area contributed by atoms with Crippen LogP contribution < -0.4 is 19.4 Å². The number of aryl methyl sites for hydroxylation is 2. The van der Waals surface area contributed by atoms with Crippen molar-refractivity contribution in [2.75, 3.05) is 54.5 Å². The lowest BCUT2D eigenvalue weighted by atomic mass is 10.1. The number of para-hydroxylation sites is 1. The second kappa shape index (κ2) is 8.76. The van der Waals surface area contributed by atoms with E-state index in [1.54, 1.807) is 7.11 Å². The number of ether oxygens (including phenoxy) is 1. The molecule has 35 heavy (non-hydrogen) atoms. The SMILES string of the molecule is COc1ccc(CN2CCc3nn(C)c4nc(N5CCN(c6ccccc6C)CC5)nc2c34)cc1. The van der Waals surface area contributed by atoms with Gasteiger partial charge in [-0.2, -0.15) is 15.1 Å². The lowest BCUT2D eigenvalue weighted by Crippen LogP contribution is -2.47. The van der Waals surface area contributed by atoms with Crippen LogP contribution in [0.15, 0.2) is 48.5 Å². The molecule has 2 aromatic heterocycles. The van der Waals surface area contributed by atoms with Gasteiger partial charge in [0, 0.05) is 58.4 Å². The molecule has 2 aliphatic heterocycles. The number of anilines is 3. The minimum Gasteiger partial charge on any atom is -0.497 e. The van der Waals surface area contributed by atoms with Crippen LogP contribution in [-0.4, -0.2) is 59.6 Å². The molecule has 0 N–H and O–H groups in total. The van der Waals surface area contributed by atoms with Crippen LogP contribution in [0.4, 0.5) is 17.5 Å². The highest BCUT2D eigenvalue weighted by atomic mass is 16.5. The van der Waals surface area contributed by atoms with E-state index >= 15 is 0 Å². The first-order chi connectivity index (χ1) is 17.1. The number of methoxy groups -OCH3 is 1. The summed E-state index contributed by atoms with van der Waals surface area (Å²) in [5.74, 6) is 2.67. The molecule has 8 heteroatoms. The highest BCUT2D eigenvalue weighted by Gasteiger charge is 2.28. The number of hydrogen-bond donors (Lipinski definition) is 0. The van der Waals surface area contributed by atoms with Crippen LogP contribution in [0.2, 0.25) is 0 Å². The molecule has 1 fully saturated rings. The van der Waals surface area contributed by atoms with Crippen LogP contribution in [0.1, 0.15) is 16.8 Å². The maximum atomic E-state index is 5.33. The van der Waals surface area contributed by atoms with Gasteiger partial charge in [0.15, 0.2) is 5.65 Å². The Bertz CT molecular complexity index is 1360. The topological polar surface area (TPSA) is 62.6 Å². The second-order valence-electron chi connectivity index (χ2n) is 9.40. The zero-order valence-corrected chi connectivity index (χ0v) is 20.6. The molecule has 0 radical (unpaired) electrons. The Morgan fingerprint density at radius 2 is 1.63 bits per heavy atom. The lowest BCUT2D eigenvalue weighted by Gasteiger charge is -2.37. The van der Waals surface area contributed by atoms with E-state index in [9.17, 15) is 0 Å². The van der Waals surface area contributed by atoms with Gasteiger partial charge in [-0.05, 0) is 36.2 Å². The molecule has 0 amide bonds. The van der Waals surface area contributed by atoms with E-state index in [0.717, 1.165) is 79.9 Å². The average Bonchev–Trinajstić information content (AvgIpc) is 3.22. The number of hydrogen-bond acceptors (Lipinski definition) is 7. The van der Waals surface area contributed by atoms with Crippen molar-refractivity contribution in [1.82, 2.24) is 19.7 Å². The first-order valence-corrected chi connectivity index (χ1v) is 12.3. The Morgan fingerprint density at radius 1 is 0.886 bits per heavy atom. The van der Waals surface area contributed by atoms with Crippen LogP contribution in [0.5, 0.6) is 5.75 Å². The Morgan fingerprint density at radius 3 is 2.37 bits per heavy atom. The van der Waals surface area contributed by atoms with Gasteiger partial charge in [-0.15, -0.1) is 0 Å². The number of benzene rings is 2. The molecule has 0 saturated carbocycles. The fourth-order valence-corrected chi connectivity index (χ4v) is 5.26. The predicted octanol–water partition coefficient (Wildman–Crippen LogP) is 3.57. The zero-order chi connectivity index (χ0) is 23.9. The summed E-state index contributed by atoms with van der Waals surface area (Å²) in [6, 6.07) is 16.9. The third-order valence-electron chi connectivity index (χ3n) is 7.19. The van der Waals surface area contributed by atoms with E-state index in [4.69, 9.17) is 19.8 Å². The van der Waals surface area contributed by atoms with Gasteiger partial charge >= 0.3 is 0 Å². The summed E-state index contributed by atoms with van der Waals surface area (Å²) in [5, 5.41) is 5.87. The van der Waals surface area contributed by atoms with Crippen molar-refractivity contribution in [3.8, 4) is 5.75 Å². The molecule has 6 rings (SSSR count). The first kappa shape index (κ1) is 21.7. The molecule has 0 spiro atoms. The van der Waals surface area contributed by atoms with E-state index in [1.165, 1.54) is 16.8 Å². The van der Waals surface area contributed by atoms with Crippen molar-refractivity contribution in [2.24, 2.45) is 7.05 Å². The number of rotatable bonds is 5. The minimum atomic E-state index is 0.797. The molecule has 1 saturated heterocycles. The van der Waals surface area contributed by atoms with Gasteiger partial charge < -0.3 is 19.4 Å². The van der Waals surface area contributed by atoms with Gasteiger partial charge in [-0.3, -0.25) is 0 Å². The van der Waals surface area contributed by atoms with Gasteiger partial charge in [0.05, 0.1) is 18.2 Å². The summed E-state index contributed by atoms with van der Waals surface area (Å²) in [4.78, 5) is 17.3. The van der Waals surface area contributed by atoms with Crippen LogP contribution in [-0.2, 0) is 20.0 Å². The van der Waals surface area contributed by atoms with Crippen LogP contribution in [0, 0.1) is 6.92 Å². The van der Waals surface area contributed by atoms with E-state index in [0.29, 0.717) is 0 Å². The zero-order valence-electron chi connectivity index (χ0n) is 20.6. The molecule has 2 aliphatic rings. The second-order valence-corrected chi connectivity index (χ2v) is 9.40. The highest BCUT2D eigenvalue weighted by Crippen LogP contribution is 2.34. The van der Waals surface area contributed by atoms with Crippen molar-refractivity contribution in [3.63, 3.8) is 0 Å². The van der Waals surface area contributed by atoms with Gasteiger partial charge in [0.2, 0.25) is 5.95 Å². The number of nitrogens with zero attached hydrogens (tertiary/aromatic N) is 7. The van der Waals surface area contributed by atoms with Gasteiger partial charge in [-0.1, -0.05) is 30.3 Å². The monoisotopic (exact) mass is 469 g/mol. The number of aromatic nitrogens is 4. The van der Waals surface area contributed by atoms with Crippen LogP contribution in [0.25, 0.3) is 11.0 Å². The highest BCUT2D eigenvalue weighted by molar-refractivity contribution is 5.92. The van der Waals surface area contributed by atoms with Gasteiger partial charge in [-0.25, -0.2) is 4.68 Å². The maximum absolute atomic E-state index is 5.33. The van der Waals surface area contributed by atoms with Crippen molar-refractivity contribution in [2.45, 2.75) is 19.9 Å². The quantitative estimate of drug-likeness (QED) is 0.443. The molecule has 180 valence electrons. The predicted molar refractivity (Wildman–Crippen MR) is 140 cm³/mol. The molecule has 2 aromatic carbocycles. The Labute approximate surface area is 205 Å². The van der Waals surface area contributed by atoms with E-state index in [-0.39, 0.29) is 0 Å². The molecule has 0 aliphatic carbocycles. The van der Waals surface area contributed by atoms with Crippen molar-refractivity contribution < 1.29 is 4.74 Å². The molecule has 0 bridgehead atoms. The first-order valence-electron chi connectivity index (χ1n) is 12.3. The van der Waals surface area contributed by atoms with Gasteiger partial charge in [0.1, 0.15) is 11.6 Å². The van der Waals surface area contributed by atoms with E-state index in [1.807, 2.05) is 23.9 Å². The third kappa shape index (κ3) is 3.92. The Kier molecular flexibility index (Phi) is 5.43. The van der Waals surface area contributed by atoms with Gasteiger partial charge in [0.25, 0.3) is 0 Å². The van der Waals surface area contributed by atoms with E-state index in [2.05, 4.69) is 58.0 Å². The Balaban J connectivity index is 1.29.